The smallest absolute Gasteiger partial charge is 0.317 e. The van der Waals surface area contributed by atoms with Crippen LogP contribution in [0.25, 0.3) is 0 Å². The maximum absolute atomic E-state index is 12.1. The van der Waals surface area contributed by atoms with Crippen LogP contribution in [0.15, 0.2) is 24.3 Å². The third kappa shape index (κ3) is 5.22. The number of aromatic hydroxyl groups is 1. The highest BCUT2D eigenvalue weighted by atomic mass is 16.5. The van der Waals surface area contributed by atoms with Gasteiger partial charge >= 0.3 is 6.03 Å². The summed E-state index contributed by atoms with van der Waals surface area (Å²) in [6.07, 6.45) is 4.04. The van der Waals surface area contributed by atoms with Gasteiger partial charge in [-0.25, -0.2) is 4.79 Å². The largest absolute Gasteiger partial charge is 0.508 e. The lowest BCUT2D eigenvalue weighted by Gasteiger charge is -2.32. The quantitative estimate of drug-likeness (QED) is 0.794. The molecule has 0 spiro atoms. The molecular weight excluding hydrogens is 280 g/mol. The fraction of sp³-hybridized carbons (Fsp3) is 0.588. The van der Waals surface area contributed by atoms with E-state index in [2.05, 4.69) is 12.2 Å². The van der Waals surface area contributed by atoms with Crippen LogP contribution >= 0.6 is 0 Å². The van der Waals surface area contributed by atoms with Crippen molar-refractivity contribution in [1.29, 1.82) is 0 Å². The van der Waals surface area contributed by atoms with Gasteiger partial charge in [0.15, 0.2) is 0 Å². The second-order valence-corrected chi connectivity index (χ2v) is 5.73. The zero-order valence-electron chi connectivity index (χ0n) is 13.3. The van der Waals surface area contributed by atoms with E-state index in [0.29, 0.717) is 26.2 Å². The number of phenols is 1. The number of urea groups is 1. The van der Waals surface area contributed by atoms with E-state index in [1.54, 1.807) is 12.1 Å². The zero-order valence-corrected chi connectivity index (χ0v) is 13.3. The molecule has 1 atom stereocenters. The summed E-state index contributed by atoms with van der Waals surface area (Å²) in [7, 11) is 0. The van der Waals surface area contributed by atoms with Crippen molar-refractivity contribution in [3.8, 4) is 5.75 Å². The lowest BCUT2D eigenvalue weighted by Crippen LogP contribution is -2.49. The molecule has 2 amide bonds. The first-order valence-electron chi connectivity index (χ1n) is 8.11. The van der Waals surface area contributed by atoms with Crippen LogP contribution in [-0.2, 0) is 11.2 Å². The Balaban J connectivity index is 1.65. The van der Waals surface area contributed by atoms with Crippen LogP contribution in [0.1, 0.15) is 31.7 Å². The highest BCUT2D eigenvalue weighted by Gasteiger charge is 2.23. The van der Waals surface area contributed by atoms with Crippen molar-refractivity contribution in [2.24, 2.45) is 0 Å². The molecule has 1 heterocycles. The van der Waals surface area contributed by atoms with Gasteiger partial charge in [0.2, 0.25) is 0 Å². The van der Waals surface area contributed by atoms with E-state index in [-0.39, 0.29) is 17.9 Å². The van der Waals surface area contributed by atoms with E-state index in [9.17, 15) is 9.90 Å². The summed E-state index contributed by atoms with van der Waals surface area (Å²) in [4.78, 5) is 14.0. The number of nitrogens with zero attached hydrogens (tertiary/aromatic N) is 1. The molecule has 5 heteroatoms. The van der Waals surface area contributed by atoms with Gasteiger partial charge in [-0.15, -0.1) is 0 Å². The second-order valence-electron chi connectivity index (χ2n) is 5.73. The molecule has 2 N–H and O–H groups in total. The molecule has 0 aromatic heterocycles. The van der Waals surface area contributed by atoms with Crippen LogP contribution < -0.4 is 5.32 Å². The Bertz CT molecular complexity index is 459. The number of carbonyl (C=O) groups excluding carboxylic acids is 1. The van der Waals surface area contributed by atoms with Gasteiger partial charge in [-0.05, 0) is 37.0 Å². The van der Waals surface area contributed by atoms with Crippen LogP contribution in [0.4, 0.5) is 4.79 Å². The topological polar surface area (TPSA) is 61.8 Å². The van der Waals surface area contributed by atoms with E-state index in [4.69, 9.17) is 4.74 Å². The Kier molecular flexibility index (Phi) is 6.52. The van der Waals surface area contributed by atoms with Crippen LogP contribution in [0.2, 0.25) is 0 Å². The number of amides is 2. The molecule has 1 aromatic rings. The molecule has 0 saturated carbocycles. The van der Waals surface area contributed by atoms with Crippen LogP contribution in [0.5, 0.6) is 5.75 Å². The maximum Gasteiger partial charge on any atom is 0.317 e. The number of hydrogen-bond acceptors (Lipinski definition) is 3. The first-order valence-corrected chi connectivity index (χ1v) is 8.11. The van der Waals surface area contributed by atoms with Gasteiger partial charge in [0.25, 0.3) is 0 Å². The van der Waals surface area contributed by atoms with Crippen molar-refractivity contribution in [1.82, 2.24) is 10.2 Å². The Hall–Kier alpha value is -1.75. The fourth-order valence-corrected chi connectivity index (χ4v) is 2.66. The van der Waals surface area contributed by atoms with Crippen molar-refractivity contribution in [2.75, 3.05) is 26.2 Å². The molecule has 0 radical (unpaired) electrons. The molecule has 1 aliphatic heterocycles. The highest BCUT2D eigenvalue weighted by molar-refractivity contribution is 5.74. The summed E-state index contributed by atoms with van der Waals surface area (Å²) in [6, 6.07) is 7.21. The molecule has 5 nitrogen and oxygen atoms in total. The zero-order chi connectivity index (χ0) is 15.8. The van der Waals surface area contributed by atoms with Crippen molar-refractivity contribution in [2.45, 2.75) is 38.7 Å². The van der Waals surface area contributed by atoms with Crippen molar-refractivity contribution in [3.63, 3.8) is 0 Å². The summed E-state index contributed by atoms with van der Waals surface area (Å²) in [5, 5.41) is 12.2. The lowest BCUT2D eigenvalue weighted by atomic mass is 10.1. The van der Waals surface area contributed by atoms with E-state index < -0.39 is 0 Å². The van der Waals surface area contributed by atoms with Gasteiger partial charge in [-0.2, -0.15) is 0 Å². The third-order valence-electron chi connectivity index (χ3n) is 3.89. The number of ether oxygens (including phenoxy) is 1. The first kappa shape index (κ1) is 16.6. The third-order valence-corrected chi connectivity index (χ3v) is 3.89. The normalized spacial score (nSPS) is 18.2. The Morgan fingerprint density at radius 1 is 1.41 bits per heavy atom. The Morgan fingerprint density at radius 3 is 2.91 bits per heavy atom. The fourth-order valence-electron chi connectivity index (χ4n) is 2.66. The number of phenolic OH excluding ortho intramolecular Hbond substituents is 1. The number of benzene rings is 1. The Labute approximate surface area is 132 Å². The molecular formula is C17H26N2O3. The molecule has 0 unspecified atom stereocenters. The minimum atomic E-state index is 0.00936. The summed E-state index contributed by atoms with van der Waals surface area (Å²) in [6.45, 7) is 4.79. The molecule has 0 bridgehead atoms. The van der Waals surface area contributed by atoms with Crippen LogP contribution in [0, 0.1) is 0 Å². The maximum atomic E-state index is 12.1. The number of aryl methyl sites for hydroxylation is 1. The first-order chi connectivity index (χ1) is 10.7. The minimum Gasteiger partial charge on any atom is -0.508 e. The van der Waals surface area contributed by atoms with E-state index >= 15 is 0 Å². The van der Waals surface area contributed by atoms with Gasteiger partial charge in [-0.3, -0.25) is 0 Å². The monoisotopic (exact) mass is 306 g/mol. The summed E-state index contributed by atoms with van der Waals surface area (Å²) < 4.78 is 5.65. The van der Waals surface area contributed by atoms with Gasteiger partial charge in [0.05, 0.1) is 12.7 Å². The average molecular weight is 306 g/mol. The van der Waals surface area contributed by atoms with Crippen molar-refractivity contribution >= 4 is 6.03 Å². The minimum absolute atomic E-state index is 0.00936. The molecule has 22 heavy (non-hydrogen) atoms. The van der Waals surface area contributed by atoms with Crippen LogP contribution in [0.3, 0.4) is 0 Å². The van der Waals surface area contributed by atoms with Crippen LogP contribution in [-0.4, -0.2) is 48.4 Å². The molecule has 1 fully saturated rings. The van der Waals surface area contributed by atoms with E-state index in [0.717, 1.165) is 25.7 Å². The summed E-state index contributed by atoms with van der Waals surface area (Å²) in [5.74, 6) is 0.283. The molecule has 1 aliphatic rings. The predicted octanol–water partition coefficient (Wildman–Crippen LogP) is 2.54. The highest BCUT2D eigenvalue weighted by Crippen LogP contribution is 2.12. The number of morpholine rings is 1. The number of rotatable bonds is 6. The SMILES string of the molecule is CCC[C@H]1CN(C(=O)NCCCc2ccc(O)cc2)CCO1. The Morgan fingerprint density at radius 2 is 2.18 bits per heavy atom. The van der Waals surface area contributed by atoms with E-state index in [1.165, 1.54) is 5.56 Å². The summed E-state index contributed by atoms with van der Waals surface area (Å²) >= 11 is 0. The van der Waals surface area contributed by atoms with Crippen molar-refractivity contribution < 1.29 is 14.6 Å². The molecule has 2 rings (SSSR count). The predicted molar refractivity (Wildman–Crippen MR) is 86.0 cm³/mol. The summed E-state index contributed by atoms with van der Waals surface area (Å²) in [5.41, 5.74) is 1.17. The average Bonchev–Trinajstić information content (AvgIpc) is 2.53. The van der Waals surface area contributed by atoms with Crippen molar-refractivity contribution in [3.05, 3.63) is 29.8 Å². The van der Waals surface area contributed by atoms with E-state index in [1.807, 2.05) is 17.0 Å². The molecule has 1 aromatic carbocycles. The number of carbonyl (C=O) groups is 1. The number of nitrogens with one attached hydrogen (secondary N) is 1. The molecule has 122 valence electrons. The van der Waals surface area contributed by atoms with Gasteiger partial charge in [0, 0.05) is 19.6 Å². The molecule has 0 aliphatic carbocycles. The van der Waals surface area contributed by atoms with Gasteiger partial charge in [-0.1, -0.05) is 25.5 Å². The van der Waals surface area contributed by atoms with Gasteiger partial charge in [0.1, 0.15) is 5.75 Å². The lowest BCUT2D eigenvalue weighted by molar-refractivity contribution is -0.0180. The molecule has 1 saturated heterocycles. The second kappa shape index (κ2) is 8.63. The number of hydrogen-bond donors (Lipinski definition) is 2. The van der Waals surface area contributed by atoms with Gasteiger partial charge < -0.3 is 20.1 Å². The standard InChI is InChI=1S/C17H26N2O3/c1-2-4-16-13-19(11-12-22-16)17(21)18-10-3-5-14-6-8-15(20)9-7-14/h6-9,16,20H,2-5,10-13H2,1H3,(H,18,21)/t16-/m0/s1.